The van der Waals surface area contributed by atoms with Gasteiger partial charge in [0.2, 0.25) is 0 Å². The van der Waals surface area contributed by atoms with Gasteiger partial charge in [-0.25, -0.2) is 0 Å². The van der Waals surface area contributed by atoms with Gasteiger partial charge in [0.05, 0.1) is 24.5 Å². The first-order chi connectivity index (χ1) is 12.0. The number of carbonyl (C=O) groups is 1. The van der Waals surface area contributed by atoms with Gasteiger partial charge in [0.1, 0.15) is 0 Å². The molecule has 0 aliphatic carbocycles. The van der Waals surface area contributed by atoms with Gasteiger partial charge in [0.25, 0.3) is 5.91 Å². The number of carbonyl (C=O) groups excluding carboxylic acids is 1. The Hall–Kier alpha value is -2.95. The maximum absolute atomic E-state index is 12.7. The average molecular weight is 334 g/mol. The van der Waals surface area contributed by atoms with E-state index in [0.29, 0.717) is 18.7 Å². The molecule has 0 unspecified atom stereocenters. The van der Waals surface area contributed by atoms with Crippen molar-refractivity contribution in [3.8, 4) is 0 Å². The quantitative estimate of drug-likeness (QED) is 0.720. The van der Waals surface area contributed by atoms with Gasteiger partial charge in [0, 0.05) is 24.5 Å². The summed E-state index contributed by atoms with van der Waals surface area (Å²) in [6, 6.07) is 15.5. The summed E-state index contributed by atoms with van der Waals surface area (Å²) in [4.78, 5) is 18.7. The molecule has 0 radical (unpaired) electrons. The van der Waals surface area contributed by atoms with Crippen LogP contribution in [0.3, 0.4) is 0 Å². The molecular weight excluding hydrogens is 312 g/mol. The summed E-state index contributed by atoms with van der Waals surface area (Å²) >= 11 is 0. The Morgan fingerprint density at radius 2 is 1.96 bits per heavy atom. The highest BCUT2D eigenvalue weighted by Gasteiger charge is 2.13. The smallest absolute Gasteiger partial charge is 0.253 e. The summed E-state index contributed by atoms with van der Waals surface area (Å²) in [7, 11) is 1.80. The summed E-state index contributed by atoms with van der Waals surface area (Å²) in [5, 5.41) is 4.48. The Bertz CT molecular complexity index is 870. The molecule has 0 aliphatic heterocycles. The van der Waals surface area contributed by atoms with Crippen molar-refractivity contribution in [3.05, 3.63) is 82.9 Å². The third-order valence-electron chi connectivity index (χ3n) is 4.08. The molecule has 3 rings (SSSR count). The number of hydrogen-bond donors (Lipinski definition) is 0. The number of pyridine rings is 1. The van der Waals surface area contributed by atoms with Crippen molar-refractivity contribution in [3.63, 3.8) is 0 Å². The minimum Gasteiger partial charge on any atom is -0.336 e. The van der Waals surface area contributed by atoms with Gasteiger partial charge in [-0.05, 0) is 49.7 Å². The second kappa shape index (κ2) is 7.30. The molecule has 25 heavy (non-hydrogen) atoms. The molecule has 0 atom stereocenters. The van der Waals surface area contributed by atoms with Crippen molar-refractivity contribution in [2.24, 2.45) is 0 Å². The summed E-state index contributed by atoms with van der Waals surface area (Å²) < 4.78 is 1.95. The largest absolute Gasteiger partial charge is 0.336 e. The highest BCUT2D eigenvalue weighted by Crippen LogP contribution is 2.12. The summed E-state index contributed by atoms with van der Waals surface area (Å²) in [6.45, 7) is 5.16. The van der Waals surface area contributed by atoms with Gasteiger partial charge in [0.15, 0.2) is 0 Å². The molecule has 0 N–H and O–H groups in total. The Morgan fingerprint density at radius 3 is 2.64 bits per heavy atom. The first-order valence-corrected chi connectivity index (χ1v) is 8.28. The minimum absolute atomic E-state index is 0.0131. The zero-order chi connectivity index (χ0) is 17.8. The predicted molar refractivity (Wildman–Crippen MR) is 97.3 cm³/mol. The van der Waals surface area contributed by atoms with E-state index in [0.717, 1.165) is 22.6 Å². The lowest BCUT2D eigenvalue weighted by Crippen LogP contribution is -2.26. The number of aromatic nitrogens is 3. The van der Waals surface area contributed by atoms with Gasteiger partial charge in [-0.2, -0.15) is 5.10 Å². The molecule has 0 fully saturated rings. The monoisotopic (exact) mass is 334 g/mol. The molecule has 3 aromatic rings. The lowest BCUT2D eigenvalue weighted by molar-refractivity contribution is 0.0783. The Morgan fingerprint density at radius 1 is 1.12 bits per heavy atom. The molecule has 5 heteroatoms. The van der Waals surface area contributed by atoms with Crippen LogP contribution in [0.2, 0.25) is 0 Å². The highest BCUT2D eigenvalue weighted by atomic mass is 16.2. The molecular formula is C20H22N4O. The number of amides is 1. The third-order valence-corrected chi connectivity index (χ3v) is 4.08. The lowest BCUT2D eigenvalue weighted by Gasteiger charge is -2.17. The number of benzene rings is 1. The van der Waals surface area contributed by atoms with E-state index in [1.807, 2.05) is 61.0 Å². The minimum atomic E-state index is -0.0131. The molecule has 0 saturated heterocycles. The third kappa shape index (κ3) is 4.12. The van der Waals surface area contributed by atoms with Crippen LogP contribution in [0.5, 0.6) is 0 Å². The fraction of sp³-hybridized carbons (Fsp3) is 0.250. The van der Waals surface area contributed by atoms with Crippen LogP contribution in [-0.2, 0) is 13.1 Å². The Balaban J connectivity index is 1.74. The van der Waals surface area contributed by atoms with Crippen molar-refractivity contribution in [1.82, 2.24) is 19.7 Å². The predicted octanol–water partition coefficient (Wildman–Crippen LogP) is 3.22. The van der Waals surface area contributed by atoms with E-state index < -0.39 is 0 Å². The normalized spacial score (nSPS) is 10.7. The van der Waals surface area contributed by atoms with Crippen molar-refractivity contribution < 1.29 is 4.79 Å². The summed E-state index contributed by atoms with van der Waals surface area (Å²) in [5.74, 6) is -0.0131. The van der Waals surface area contributed by atoms with Gasteiger partial charge in [-0.1, -0.05) is 18.2 Å². The first kappa shape index (κ1) is 16.9. The standard InChI is InChI=1S/C20H22N4O/c1-15-11-16(2)24(22-15)13-17-7-6-8-18(12-17)20(25)23(3)14-19-9-4-5-10-21-19/h4-12H,13-14H2,1-3H3. The van der Waals surface area contributed by atoms with E-state index in [2.05, 4.69) is 16.1 Å². The number of hydrogen-bond acceptors (Lipinski definition) is 3. The molecule has 0 aliphatic rings. The molecule has 2 heterocycles. The number of nitrogens with zero attached hydrogens (tertiary/aromatic N) is 4. The fourth-order valence-corrected chi connectivity index (χ4v) is 2.84. The second-order valence-corrected chi connectivity index (χ2v) is 6.27. The van der Waals surface area contributed by atoms with Crippen LogP contribution in [-0.4, -0.2) is 32.6 Å². The summed E-state index contributed by atoms with van der Waals surface area (Å²) in [6.07, 6.45) is 1.74. The molecule has 0 spiro atoms. The van der Waals surface area contributed by atoms with E-state index in [1.54, 1.807) is 18.1 Å². The zero-order valence-corrected chi connectivity index (χ0v) is 14.8. The fourth-order valence-electron chi connectivity index (χ4n) is 2.84. The SMILES string of the molecule is Cc1cc(C)n(Cc2cccc(C(=O)N(C)Cc3ccccn3)c2)n1. The maximum Gasteiger partial charge on any atom is 0.253 e. The molecule has 0 bridgehead atoms. The molecule has 1 aromatic carbocycles. The van der Waals surface area contributed by atoms with E-state index >= 15 is 0 Å². The van der Waals surface area contributed by atoms with Gasteiger partial charge < -0.3 is 4.90 Å². The van der Waals surface area contributed by atoms with Crippen molar-refractivity contribution in [1.29, 1.82) is 0 Å². The van der Waals surface area contributed by atoms with Crippen LogP contribution in [0.1, 0.15) is 33.0 Å². The van der Waals surface area contributed by atoms with Crippen LogP contribution < -0.4 is 0 Å². The van der Waals surface area contributed by atoms with Crippen LogP contribution in [0.25, 0.3) is 0 Å². The van der Waals surface area contributed by atoms with E-state index in [-0.39, 0.29) is 5.91 Å². The molecule has 2 aromatic heterocycles. The van der Waals surface area contributed by atoms with E-state index in [9.17, 15) is 4.79 Å². The van der Waals surface area contributed by atoms with E-state index in [4.69, 9.17) is 0 Å². The molecule has 0 saturated carbocycles. The first-order valence-electron chi connectivity index (χ1n) is 8.28. The van der Waals surface area contributed by atoms with Gasteiger partial charge >= 0.3 is 0 Å². The van der Waals surface area contributed by atoms with E-state index in [1.165, 1.54) is 0 Å². The Labute approximate surface area is 147 Å². The van der Waals surface area contributed by atoms with Gasteiger partial charge in [-0.15, -0.1) is 0 Å². The lowest BCUT2D eigenvalue weighted by atomic mass is 10.1. The second-order valence-electron chi connectivity index (χ2n) is 6.27. The maximum atomic E-state index is 12.7. The van der Waals surface area contributed by atoms with Crippen LogP contribution in [0.15, 0.2) is 54.7 Å². The van der Waals surface area contributed by atoms with Gasteiger partial charge in [-0.3, -0.25) is 14.5 Å². The molecule has 1 amide bonds. The van der Waals surface area contributed by atoms with Crippen LogP contribution in [0, 0.1) is 13.8 Å². The van der Waals surface area contributed by atoms with Crippen molar-refractivity contribution >= 4 is 5.91 Å². The zero-order valence-electron chi connectivity index (χ0n) is 14.8. The van der Waals surface area contributed by atoms with Crippen molar-refractivity contribution in [2.45, 2.75) is 26.9 Å². The van der Waals surface area contributed by atoms with Crippen molar-refractivity contribution in [2.75, 3.05) is 7.05 Å². The summed E-state index contributed by atoms with van der Waals surface area (Å²) in [5.41, 5.74) is 4.72. The number of aryl methyl sites for hydroxylation is 2. The average Bonchev–Trinajstić information content (AvgIpc) is 2.92. The molecule has 5 nitrogen and oxygen atoms in total. The van der Waals surface area contributed by atoms with Crippen LogP contribution >= 0.6 is 0 Å². The number of rotatable bonds is 5. The molecule has 128 valence electrons. The Kier molecular flexibility index (Phi) is 4.93. The topological polar surface area (TPSA) is 51.0 Å². The van der Waals surface area contributed by atoms with Crippen LogP contribution in [0.4, 0.5) is 0 Å². The highest BCUT2D eigenvalue weighted by molar-refractivity contribution is 5.94.